The second kappa shape index (κ2) is 7.17. The quantitative estimate of drug-likeness (QED) is 0.475. The smallest absolute Gasteiger partial charge is 0.0761 e. The number of hydrogen-bond donors (Lipinski definition) is 1. The molecule has 1 N–H and O–H groups in total. The second-order valence-electron chi connectivity index (χ2n) is 3.85. The van der Waals surface area contributed by atoms with Crippen molar-refractivity contribution in [2.24, 2.45) is 0 Å². The van der Waals surface area contributed by atoms with Crippen molar-refractivity contribution in [1.82, 2.24) is 5.32 Å². The zero-order valence-electron chi connectivity index (χ0n) is 9.67. The van der Waals surface area contributed by atoms with Crippen molar-refractivity contribution < 1.29 is 0 Å². The Balaban J connectivity index is 2.33. The fraction of sp³-hybridized carbons (Fsp3) is 0.333. The summed E-state index contributed by atoms with van der Waals surface area (Å²) in [5, 5.41) is 5.87. The summed E-state index contributed by atoms with van der Waals surface area (Å²) in [5.74, 6) is 0. The maximum Gasteiger partial charge on any atom is 0.0761 e. The van der Waals surface area contributed by atoms with E-state index in [9.17, 15) is 0 Å². The van der Waals surface area contributed by atoms with E-state index in [0.717, 1.165) is 16.8 Å². The van der Waals surface area contributed by atoms with Crippen LogP contribution in [-0.2, 0) is 0 Å². The Kier molecular flexibility index (Phi) is 6.15. The molecule has 2 heterocycles. The maximum absolute atomic E-state index is 3.66. The van der Waals surface area contributed by atoms with E-state index in [1.54, 1.807) is 22.7 Å². The Morgan fingerprint density at radius 2 is 2.17 bits per heavy atom. The molecule has 0 saturated heterocycles. The molecule has 18 heavy (non-hydrogen) atoms. The lowest BCUT2D eigenvalue weighted by molar-refractivity contribution is 0.600. The molecule has 0 saturated carbocycles. The number of rotatable bonds is 5. The lowest BCUT2D eigenvalue weighted by Gasteiger charge is -2.17. The van der Waals surface area contributed by atoms with Crippen molar-refractivity contribution in [3.05, 3.63) is 39.1 Å². The van der Waals surface area contributed by atoms with E-state index < -0.39 is 0 Å². The zero-order valence-corrected chi connectivity index (χ0v) is 16.6. The lowest BCUT2D eigenvalue weighted by Crippen LogP contribution is -2.22. The number of halogens is 3. The van der Waals surface area contributed by atoms with Gasteiger partial charge >= 0.3 is 0 Å². The van der Waals surface area contributed by atoms with Gasteiger partial charge in [-0.25, -0.2) is 0 Å². The van der Waals surface area contributed by atoms with Crippen LogP contribution in [0.15, 0.2) is 25.1 Å². The van der Waals surface area contributed by atoms with Crippen molar-refractivity contribution in [1.29, 1.82) is 0 Å². The third-order valence-corrected chi connectivity index (χ3v) is 6.71. The van der Waals surface area contributed by atoms with E-state index in [1.807, 2.05) is 0 Å². The van der Waals surface area contributed by atoms with Crippen LogP contribution in [-0.4, -0.2) is 6.54 Å². The van der Waals surface area contributed by atoms with Gasteiger partial charge in [-0.3, -0.25) is 0 Å². The first-order chi connectivity index (χ1) is 8.61. The van der Waals surface area contributed by atoms with E-state index in [4.69, 9.17) is 0 Å². The molecule has 1 atom stereocenters. The number of thiophene rings is 2. The van der Waals surface area contributed by atoms with Gasteiger partial charge in [-0.05, 0) is 96.1 Å². The molecule has 1 unspecified atom stereocenters. The lowest BCUT2D eigenvalue weighted by atomic mass is 10.0. The van der Waals surface area contributed by atoms with Crippen LogP contribution in [0.5, 0.6) is 0 Å². The van der Waals surface area contributed by atoms with Crippen molar-refractivity contribution in [2.75, 3.05) is 6.54 Å². The molecule has 2 aromatic rings. The van der Waals surface area contributed by atoms with Gasteiger partial charge in [0.1, 0.15) is 0 Å². The third-order valence-electron chi connectivity index (χ3n) is 2.51. The molecule has 0 aromatic carbocycles. The molecular formula is C12H12Br2INS2. The van der Waals surface area contributed by atoms with Crippen LogP contribution in [0.3, 0.4) is 0 Å². The van der Waals surface area contributed by atoms with Gasteiger partial charge in [0.15, 0.2) is 0 Å². The van der Waals surface area contributed by atoms with Gasteiger partial charge in [0, 0.05) is 0 Å². The first-order valence-electron chi connectivity index (χ1n) is 5.54. The predicted octanol–water partition coefficient (Wildman–Crippen LogP) is 6.03. The topological polar surface area (TPSA) is 12.0 Å². The molecule has 0 spiro atoms. The largest absolute Gasteiger partial charge is 0.306 e. The average molecular weight is 521 g/mol. The summed E-state index contributed by atoms with van der Waals surface area (Å²) in [7, 11) is 0. The summed E-state index contributed by atoms with van der Waals surface area (Å²) >= 11 is 13.1. The van der Waals surface area contributed by atoms with Gasteiger partial charge in [0.25, 0.3) is 0 Å². The highest BCUT2D eigenvalue weighted by Crippen LogP contribution is 2.38. The van der Waals surface area contributed by atoms with Gasteiger partial charge in [-0.15, -0.1) is 22.7 Å². The van der Waals surface area contributed by atoms with Crippen LogP contribution in [0.25, 0.3) is 0 Å². The van der Waals surface area contributed by atoms with E-state index in [-0.39, 0.29) is 6.04 Å². The SMILES string of the molecule is CCCNC(c1csc(I)c1)c1cc(Br)sc1Br. The molecule has 0 amide bonds. The number of hydrogen-bond acceptors (Lipinski definition) is 3. The maximum atomic E-state index is 3.66. The molecule has 0 aliphatic heterocycles. The summed E-state index contributed by atoms with van der Waals surface area (Å²) in [6.07, 6.45) is 1.14. The number of nitrogens with one attached hydrogen (secondary N) is 1. The molecule has 2 aromatic heterocycles. The Morgan fingerprint density at radius 1 is 1.39 bits per heavy atom. The highest BCUT2D eigenvalue weighted by molar-refractivity contribution is 14.1. The van der Waals surface area contributed by atoms with E-state index in [2.05, 4.69) is 84.2 Å². The van der Waals surface area contributed by atoms with Crippen LogP contribution in [0, 0.1) is 2.88 Å². The highest BCUT2D eigenvalue weighted by atomic mass is 127. The minimum Gasteiger partial charge on any atom is -0.306 e. The van der Waals surface area contributed by atoms with Crippen molar-refractivity contribution in [3.8, 4) is 0 Å². The van der Waals surface area contributed by atoms with Crippen LogP contribution in [0.2, 0.25) is 0 Å². The van der Waals surface area contributed by atoms with Crippen LogP contribution >= 0.6 is 77.1 Å². The van der Waals surface area contributed by atoms with Gasteiger partial charge < -0.3 is 5.32 Å². The predicted molar refractivity (Wildman–Crippen MR) is 96.9 cm³/mol. The van der Waals surface area contributed by atoms with E-state index >= 15 is 0 Å². The minimum absolute atomic E-state index is 0.279. The normalized spacial score (nSPS) is 12.9. The molecule has 0 bridgehead atoms. The van der Waals surface area contributed by atoms with E-state index in [0.29, 0.717) is 0 Å². The molecule has 0 aliphatic rings. The summed E-state index contributed by atoms with van der Waals surface area (Å²) < 4.78 is 3.69. The summed E-state index contributed by atoms with van der Waals surface area (Å²) in [6, 6.07) is 4.74. The van der Waals surface area contributed by atoms with Gasteiger partial charge in [-0.2, -0.15) is 0 Å². The second-order valence-corrected chi connectivity index (χ2v) is 10.4. The molecule has 6 heteroatoms. The first-order valence-corrected chi connectivity index (χ1v) is 9.90. The minimum atomic E-state index is 0.279. The summed E-state index contributed by atoms with van der Waals surface area (Å²) in [6.45, 7) is 3.22. The highest BCUT2D eigenvalue weighted by Gasteiger charge is 2.19. The molecule has 0 radical (unpaired) electrons. The molecule has 0 aliphatic carbocycles. The van der Waals surface area contributed by atoms with Gasteiger partial charge in [0.05, 0.1) is 16.5 Å². The average Bonchev–Trinajstić information content (AvgIpc) is 2.87. The van der Waals surface area contributed by atoms with Gasteiger partial charge in [0.2, 0.25) is 0 Å². The standard InChI is InChI=1S/C12H12Br2INS2/c1-2-3-16-11(7-4-10(15)17-6-7)8-5-9(13)18-12(8)14/h4-6,11,16H,2-3H2,1H3. The van der Waals surface area contributed by atoms with Crippen LogP contribution < -0.4 is 5.32 Å². The molecule has 0 fully saturated rings. The summed E-state index contributed by atoms with van der Waals surface area (Å²) in [4.78, 5) is 0. The Hall–Kier alpha value is 1.05. The molecular weight excluding hydrogens is 509 g/mol. The van der Waals surface area contributed by atoms with Crippen LogP contribution in [0.1, 0.15) is 30.5 Å². The Labute approximate surface area is 146 Å². The summed E-state index contributed by atoms with van der Waals surface area (Å²) in [5.41, 5.74) is 2.67. The fourth-order valence-electron chi connectivity index (χ4n) is 1.72. The van der Waals surface area contributed by atoms with Crippen molar-refractivity contribution >= 4 is 77.1 Å². The zero-order chi connectivity index (χ0) is 13.1. The van der Waals surface area contributed by atoms with Gasteiger partial charge in [-0.1, -0.05) is 6.92 Å². The molecule has 2 rings (SSSR count). The van der Waals surface area contributed by atoms with Crippen molar-refractivity contribution in [2.45, 2.75) is 19.4 Å². The van der Waals surface area contributed by atoms with E-state index in [1.165, 1.54) is 17.8 Å². The Morgan fingerprint density at radius 3 is 2.67 bits per heavy atom. The molecule has 1 nitrogen and oxygen atoms in total. The first kappa shape index (κ1) is 15.4. The van der Waals surface area contributed by atoms with Crippen LogP contribution in [0.4, 0.5) is 0 Å². The Bertz CT molecular complexity index is 524. The third kappa shape index (κ3) is 3.79. The fourth-order valence-corrected chi connectivity index (χ4v) is 6.02. The van der Waals surface area contributed by atoms with Crippen molar-refractivity contribution in [3.63, 3.8) is 0 Å². The monoisotopic (exact) mass is 519 g/mol. The molecule has 98 valence electrons.